The fourth-order valence-electron chi connectivity index (χ4n) is 4.31. The lowest BCUT2D eigenvalue weighted by atomic mass is 9.63. The molecule has 3 aromatic rings. The highest BCUT2D eigenvalue weighted by molar-refractivity contribution is 5.39. The van der Waals surface area contributed by atoms with Crippen LogP contribution < -0.4 is 0 Å². The Morgan fingerprint density at radius 3 is 2.75 bits per heavy atom. The zero-order valence-corrected chi connectivity index (χ0v) is 15.0. The number of H-pyrrole nitrogens is 1. The molecular formula is C19H18F3N5O. The Morgan fingerprint density at radius 1 is 1.14 bits per heavy atom. The third kappa shape index (κ3) is 2.63. The van der Waals surface area contributed by atoms with E-state index in [9.17, 15) is 13.2 Å². The molecule has 0 aliphatic heterocycles. The monoisotopic (exact) mass is 389 g/mol. The van der Waals surface area contributed by atoms with Gasteiger partial charge in [0.15, 0.2) is 5.82 Å². The van der Waals surface area contributed by atoms with Gasteiger partial charge in [-0.05, 0) is 43.7 Å². The standard InChI is InChI=1S/C19H18F3N5O/c20-19(21,22)12-5-1-4-11(10-12)18(8-3-9-18)17-23-16(28-26-17)13-6-2-7-14-15(13)25-27-24-14/h1,4-5,10,13H,2-3,6-9H2,(H,24,25,27). The molecule has 0 bridgehead atoms. The minimum atomic E-state index is -4.38. The third-order valence-electron chi connectivity index (χ3n) is 6.00. The molecule has 0 saturated heterocycles. The molecule has 0 spiro atoms. The number of hydrogen-bond donors (Lipinski definition) is 1. The van der Waals surface area contributed by atoms with Crippen molar-refractivity contribution in [2.24, 2.45) is 0 Å². The number of benzene rings is 1. The highest BCUT2D eigenvalue weighted by Crippen LogP contribution is 2.49. The third-order valence-corrected chi connectivity index (χ3v) is 6.00. The van der Waals surface area contributed by atoms with Gasteiger partial charge < -0.3 is 4.52 Å². The molecule has 146 valence electrons. The Hall–Kier alpha value is -2.71. The largest absolute Gasteiger partial charge is 0.416 e. The van der Waals surface area contributed by atoms with E-state index in [4.69, 9.17) is 4.52 Å². The number of rotatable bonds is 3. The van der Waals surface area contributed by atoms with Crippen LogP contribution >= 0.6 is 0 Å². The van der Waals surface area contributed by atoms with Crippen LogP contribution in [0.2, 0.25) is 0 Å². The number of alkyl halides is 3. The average molecular weight is 389 g/mol. The lowest BCUT2D eigenvalue weighted by Gasteiger charge is -2.39. The molecule has 9 heteroatoms. The molecular weight excluding hydrogens is 371 g/mol. The number of aryl methyl sites for hydroxylation is 1. The summed E-state index contributed by atoms with van der Waals surface area (Å²) < 4.78 is 45.1. The molecule has 0 radical (unpaired) electrons. The number of hydrogen-bond acceptors (Lipinski definition) is 5. The summed E-state index contributed by atoms with van der Waals surface area (Å²) in [4.78, 5) is 4.63. The van der Waals surface area contributed by atoms with Crippen LogP contribution in [0.15, 0.2) is 28.8 Å². The van der Waals surface area contributed by atoms with Crippen molar-refractivity contribution in [3.05, 3.63) is 58.5 Å². The molecule has 1 fully saturated rings. The minimum absolute atomic E-state index is 0.123. The smallest absolute Gasteiger partial charge is 0.339 e. The van der Waals surface area contributed by atoms with Gasteiger partial charge >= 0.3 is 6.18 Å². The molecule has 2 aromatic heterocycles. The predicted octanol–water partition coefficient (Wildman–Crippen LogP) is 4.14. The van der Waals surface area contributed by atoms with Crippen molar-refractivity contribution in [3.8, 4) is 0 Å². The summed E-state index contributed by atoms with van der Waals surface area (Å²) in [5.74, 6) is 0.800. The molecule has 28 heavy (non-hydrogen) atoms. The average Bonchev–Trinajstić information content (AvgIpc) is 3.30. The Kier molecular flexibility index (Phi) is 3.82. The van der Waals surface area contributed by atoms with Crippen LogP contribution in [-0.2, 0) is 18.0 Å². The first-order valence-electron chi connectivity index (χ1n) is 9.39. The van der Waals surface area contributed by atoms with Gasteiger partial charge in [0, 0.05) is 0 Å². The molecule has 1 aromatic carbocycles. The molecule has 5 rings (SSSR count). The van der Waals surface area contributed by atoms with Crippen molar-refractivity contribution in [2.45, 2.75) is 56.0 Å². The molecule has 0 amide bonds. The Bertz CT molecular complexity index is 1000. The first-order chi connectivity index (χ1) is 13.5. The fourth-order valence-corrected chi connectivity index (χ4v) is 4.31. The van der Waals surface area contributed by atoms with E-state index in [0.29, 0.717) is 30.1 Å². The van der Waals surface area contributed by atoms with Crippen LogP contribution in [0.4, 0.5) is 13.2 Å². The molecule has 6 nitrogen and oxygen atoms in total. The summed E-state index contributed by atoms with van der Waals surface area (Å²) in [6.45, 7) is 0. The number of aromatic nitrogens is 5. The van der Waals surface area contributed by atoms with E-state index in [1.54, 1.807) is 6.07 Å². The van der Waals surface area contributed by atoms with Crippen molar-refractivity contribution in [1.82, 2.24) is 25.6 Å². The zero-order chi connectivity index (χ0) is 19.4. The van der Waals surface area contributed by atoms with Crippen LogP contribution in [0.3, 0.4) is 0 Å². The van der Waals surface area contributed by atoms with E-state index in [1.807, 2.05) is 0 Å². The quantitative estimate of drug-likeness (QED) is 0.728. The van der Waals surface area contributed by atoms with Crippen molar-refractivity contribution >= 4 is 0 Å². The zero-order valence-electron chi connectivity index (χ0n) is 15.0. The molecule has 2 aliphatic rings. The SMILES string of the molecule is FC(F)(F)c1cccc(C2(c3noc(C4CCCc5n[nH]nc54)n3)CCC2)c1. The van der Waals surface area contributed by atoms with E-state index in [-0.39, 0.29) is 5.92 Å². The number of fused-ring (bicyclic) bond motifs is 1. The van der Waals surface area contributed by atoms with Crippen LogP contribution in [0.1, 0.15) is 72.3 Å². The summed E-state index contributed by atoms with van der Waals surface area (Å²) in [7, 11) is 0. The highest BCUT2D eigenvalue weighted by atomic mass is 19.4. The van der Waals surface area contributed by atoms with E-state index >= 15 is 0 Å². The maximum Gasteiger partial charge on any atom is 0.416 e. The van der Waals surface area contributed by atoms with E-state index < -0.39 is 17.2 Å². The molecule has 1 unspecified atom stereocenters. The van der Waals surface area contributed by atoms with Gasteiger partial charge in [0.25, 0.3) is 0 Å². The maximum atomic E-state index is 13.2. The first-order valence-corrected chi connectivity index (χ1v) is 9.39. The van der Waals surface area contributed by atoms with Crippen LogP contribution in [0, 0.1) is 0 Å². The molecule has 2 heterocycles. The van der Waals surface area contributed by atoms with Crippen LogP contribution in [0.25, 0.3) is 0 Å². The summed E-state index contributed by atoms with van der Waals surface area (Å²) in [6.07, 6.45) is 0.571. The van der Waals surface area contributed by atoms with Crippen molar-refractivity contribution in [2.75, 3.05) is 0 Å². The Labute approximate surface area is 158 Å². The summed E-state index contributed by atoms with van der Waals surface area (Å²) >= 11 is 0. The van der Waals surface area contributed by atoms with Crippen molar-refractivity contribution in [1.29, 1.82) is 0 Å². The number of nitrogens with zero attached hydrogens (tertiary/aromatic N) is 4. The van der Waals surface area contributed by atoms with Gasteiger partial charge in [0.2, 0.25) is 5.89 Å². The van der Waals surface area contributed by atoms with Crippen molar-refractivity contribution in [3.63, 3.8) is 0 Å². The minimum Gasteiger partial charge on any atom is -0.339 e. The molecule has 1 atom stereocenters. The highest BCUT2D eigenvalue weighted by Gasteiger charge is 2.46. The first kappa shape index (κ1) is 17.4. The molecule has 1 N–H and O–H groups in total. The van der Waals surface area contributed by atoms with Gasteiger partial charge in [-0.1, -0.05) is 29.8 Å². The second-order valence-electron chi connectivity index (χ2n) is 7.57. The van der Waals surface area contributed by atoms with Gasteiger partial charge in [0.1, 0.15) is 0 Å². The summed E-state index contributed by atoms with van der Waals surface area (Å²) in [5, 5.41) is 15.2. The topological polar surface area (TPSA) is 80.5 Å². The van der Waals surface area contributed by atoms with E-state index in [2.05, 4.69) is 25.6 Å². The Morgan fingerprint density at radius 2 is 2.00 bits per heavy atom. The molecule has 1 saturated carbocycles. The normalized spacial score (nSPS) is 21.2. The summed E-state index contributed by atoms with van der Waals surface area (Å²) in [6, 6.07) is 5.47. The van der Waals surface area contributed by atoms with Crippen molar-refractivity contribution < 1.29 is 17.7 Å². The van der Waals surface area contributed by atoms with Crippen LogP contribution in [-0.4, -0.2) is 25.6 Å². The van der Waals surface area contributed by atoms with Crippen LogP contribution in [0.5, 0.6) is 0 Å². The van der Waals surface area contributed by atoms with Gasteiger partial charge in [-0.15, -0.1) is 0 Å². The predicted molar refractivity (Wildman–Crippen MR) is 91.5 cm³/mol. The van der Waals surface area contributed by atoms with Gasteiger partial charge in [-0.3, -0.25) is 0 Å². The Balaban J connectivity index is 1.51. The number of nitrogens with one attached hydrogen (secondary N) is 1. The van der Waals surface area contributed by atoms with E-state index in [1.165, 1.54) is 12.1 Å². The van der Waals surface area contributed by atoms with E-state index in [0.717, 1.165) is 43.1 Å². The van der Waals surface area contributed by atoms with Gasteiger partial charge in [-0.25, -0.2) is 0 Å². The summed E-state index contributed by atoms with van der Waals surface area (Å²) in [5.41, 5.74) is 1.05. The maximum absolute atomic E-state index is 13.2. The second kappa shape index (κ2) is 6.15. The van der Waals surface area contributed by atoms with Gasteiger partial charge in [-0.2, -0.15) is 33.6 Å². The lowest BCUT2D eigenvalue weighted by Crippen LogP contribution is -2.37. The second-order valence-corrected chi connectivity index (χ2v) is 7.57. The number of aromatic amines is 1. The fraction of sp³-hybridized carbons (Fsp3) is 0.474. The van der Waals surface area contributed by atoms with Gasteiger partial charge in [0.05, 0.1) is 28.3 Å². The lowest BCUT2D eigenvalue weighted by molar-refractivity contribution is -0.137. The number of halogens is 3. The molecule has 2 aliphatic carbocycles.